The highest BCUT2D eigenvalue weighted by atomic mass is 79.9. The summed E-state index contributed by atoms with van der Waals surface area (Å²) in [6, 6.07) is 24.6. The number of Topliss-reactive ketones (excluding diaryl/α,β-unsaturated/α-hetero) is 1. The van der Waals surface area contributed by atoms with Gasteiger partial charge < -0.3 is 14.6 Å². The fourth-order valence-corrected chi connectivity index (χ4v) is 5.13. The largest absolute Gasteiger partial charge is 0.507 e. The Kier molecular flexibility index (Phi) is 6.24. The monoisotopic (exact) mass is 543 g/mol. The zero-order valence-electron chi connectivity index (χ0n) is 19.6. The number of carbonyl (C=O) groups excluding carboxylic acids is 2. The minimum Gasteiger partial charge on any atom is -0.507 e. The lowest BCUT2D eigenvalue weighted by Gasteiger charge is -2.26. The van der Waals surface area contributed by atoms with Gasteiger partial charge in [0.1, 0.15) is 17.3 Å². The first-order chi connectivity index (χ1) is 17.4. The van der Waals surface area contributed by atoms with Crippen LogP contribution in [0, 0.1) is 0 Å². The molecule has 0 aromatic heterocycles. The van der Waals surface area contributed by atoms with Crippen LogP contribution in [0.4, 0.5) is 5.69 Å². The third-order valence-corrected chi connectivity index (χ3v) is 6.96. The van der Waals surface area contributed by atoms with Crippen LogP contribution in [0.1, 0.15) is 17.2 Å². The predicted octanol–water partition coefficient (Wildman–Crippen LogP) is 6.25. The molecule has 1 atom stereocenters. The molecule has 1 aliphatic heterocycles. The maximum atomic E-state index is 13.5. The topological polar surface area (TPSA) is 76.1 Å². The number of hydrogen-bond donors (Lipinski definition) is 1. The maximum Gasteiger partial charge on any atom is 0.300 e. The summed E-state index contributed by atoms with van der Waals surface area (Å²) >= 11 is 3.43. The molecule has 0 bridgehead atoms. The molecule has 7 heteroatoms. The van der Waals surface area contributed by atoms with Crippen molar-refractivity contribution in [2.45, 2.75) is 6.04 Å². The van der Waals surface area contributed by atoms with Crippen LogP contribution in [0.2, 0.25) is 0 Å². The van der Waals surface area contributed by atoms with Crippen LogP contribution >= 0.6 is 15.9 Å². The van der Waals surface area contributed by atoms with Crippen molar-refractivity contribution in [3.63, 3.8) is 0 Å². The Balaban J connectivity index is 1.77. The fourth-order valence-electron chi connectivity index (χ4n) is 4.59. The summed E-state index contributed by atoms with van der Waals surface area (Å²) in [5.74, 6) is -0.526. The number of fused-ring (bicyclic) bond motifs is 1. The molecule has 180 valence electrons. The number of halogens is 1. The van der Waals surface area contributed by atoms with Crippen LogP contribution in [-0.4, -0.2) is 31.0 Å². The summed E-state index contributed by atoms with van der Waals surface area (Å²) in [6.07, 6.45) is 0. The lowest BCUT2D eigenvalue weighted by molar-refractivity contribution is -0.132. The third-order valence-electron chi connectivity index (χ3n) is 6.34. The molecule has 4 aromatic rings. The van der Waals surface area contributed by atoms with E-state index in [-0.39, 0.29) is 11.3 Å². The standard InChI is InChI=1S/C29H22BrNO5/c1-35-20-13-11-19(12-14-20)31-26(22-9-5-7-17-6-3-4-8-21(17)22)25(28(33)29(31)34)27(32)18-10-15-24(36-2)23(30)16-18/h3-16,26,32H,1-2H3/b27-25-. The second-order valence-electron chi connectivity index (χ2n) is 8.28. The van der Waals surface area contributed by atoms with E-state index in [0.29, 0.717) is 27.2 Å². The summed E-state index contributed by atoms with van der Waals surface area (Å²) < 4.78 is 11.2. The molecule has 0 spiro atoms. The Morgan fingerprint density at radius 3 is 2.31 bits per heavy atom. The number of aliphatic hydroxyl groups is 1. The van der Waals surface area contributed by atoms with Gasteiger partial charge in [-0.1, -0.05) is 42.5 Å². The molecule has 1 N–H and O–H groups in total. The van der Waals surface area contributed by atoms with Crippen LogP contribution in [0.15, 0.2) is 95.0 Å². The first kappa shape index (κ1) is 23.6. The minimum absolute atomic E-state index is 0.0178. The third kappa shape index (κ3) is 3.91. The number of ether oxygens (including phenoxy) is 2. The Bertz CT molecular complexity index is 1520. The number of benzene rings is 4. The van der Waals surface area contributed by atoms with Crippen molar-refractivity contribution in [3.8, 4) is 11.5 Å². The van der Waals surface area contributed by atoms with Gasteiger partial charge in [0.05, 0.1) is 30.3 Å². The molecule has 1 amide bonds. The predicted molar refractivity (Wildman–Crippen MR) is 142 cm³/mol. The molecule has 1 saturated heterocycles. The van der Waals surface area contributed by atoms with Crippen molar-refractivity contribution in [2.75, 3.05) is 19.1 Å². The molecule has 1 unspecified atom stereocenters. The number of methoxy groups -OCH3 is 2. The minimum atomic E-state index is -0.842. The summed E-state index contributed by atoms with van der Waals surface area (Å²) in [5, 5.41) is 13.3. The van der Waals surface area contributed by atoms with E-state index in [1.54, 1.807) is 56.7 Å². The van der Waals surface area contributed by atoms with E-state index in [0.717, 1.165) is 16.3 Å². The zero-order chi connectivity index (χ0) is 25.4. The number of rotatable bonds is 5. The Labute approximate surface area is 216 Å². The van der Waals surface area contributed by atoms with Gasteiger partial charge in [0.15, 0.2) is 0 Å². The van der Waals surface area contributed by atoms with E-state index in [2.05, 4.69) is 15.9 Å². The Morgan fingerprint density at radius 2 is 1.61 bits per heavy atom. The molecule has 0 aliphatic carbocycles. The van der Waals surface area contributed by atoms with E-state index in [4.69, 9.17) is 9.47 Å². The van der Waals surface area contributed by atoms with Gasteiger partial charge in [0.2, 0.25) is 0 Å². The van der Waals surface area contributed by atoms with Crippen molar-refractivity contribution < 1.29 is 24.2 Å². The van der Waals surface area contributed by atoms with Crippen molar-refractivity contribution in [2.24, 2.45) is 0 Å². The van der Waals surface area contributed by atoms with Crippen molar-refractivity contribution >= 4 is 49.8 Å². The van der Waals surface area contributed by atoms with Gasteiger partial charge in [-0.05, 0) is 74.7 Å². The highest BCUT2D eigenvalue weighted by Gasteiger charge is 2.47. The molecule has 1 aliphatic rings. The number of ketones is 1. The number of aliphatic hydroxyl groups excluding tert-OH is 1. The Morgan fingerprint density at radius 1 is 0.889 bits per heavy atom. The van der Waals surface area contributed by atoms with Crippen LogP contribution < -0.4 is 14.4 Å². The van der Waals surface area contributed by atoms with E-state index < -0.39 is 17.7 Å². The molecule has 5 rings (SSSR count). The van der Waals surface area contributed by atoms with Gasteiger partial charge in [-0.25, -0.2) is 0 Å². The quantitative estimate of drug-likeness (QED) is 0.183. The van der Waals surface area contributed by atoms with Crippen molar-refractivity contribution in [1.29, 1.82) is 0 Å². The first-order valence-electron chi connectivity index (χ1n) is 11.2. The van der Waals surface area contributed by atoms with Crippen molar-refractivity contribution in [1.82, 2.24) is 0 Å². The summed E-state index contributed by atoms with van der Waals surface area (Å²) in [6.45, 7) is 0. The maximum absolute atomic E-state index is 13.5. The summed E-state index contributed by atoms with van der Waals surface area (Å²) in [7, 11) is 3.10. The lowest BCUT2D eigenvalue weighted by atomic mass is 9.91. The number of hydrogen-bond acceptors (Lipinski definition) is 5. The van der Waals surface area contributed by atoms with Gasteiger partial charge in [-0.15, -0.1) is 0 Å². The highest BCUT2D eigenvalue weighted by molar-refractivity contribution is 9.10. The summed E-state index contributed by atoms with van der Waals surface area (Å²) in [5.41, 5.74) is 1.66. The molecule has 36 heavy (non-hydrogen) atoms. The SMILES string of the molecule is COc1ccc(N2C(=O)C(=O)/C(=C(\O)c3ccc(OC)c(Br)c3)C2c2cccc3ccccc23)cc1. The number of carbonyl (C=O) groups is 2. The first-order valence-corrected chi connectivity index (χ1v) is 12.0. The lowest BCUT2D eigenvalue weighted by Crippen LogP contribution is -2.29. The van der Waals surface area contributed by atoms with Crippen molar-refractivity contribution in [3.05, 3.63) is 106 Å². The molecule has 4 aromatic carbocycles. The average Bonchev–Trinajstić information content (AvgIpc) is 3.17. The normalized spacial score (nSPS) is 17.0. The van der Waals surface area contributed by atoms with E-state index in [1.165, 1.54) is 4.90 Å². The van der Waals surface area contributed by atoms with Crippen LogP contribution in [-0.2, 0) is 9.59 Å². The number of anilines is 1. The van der Waals surface area contributed by atoms with E-state index >= 15 is 0 Å². The van der Waals surface area contributed by atoms with E-state index in [9.17, 15) is 14.7 Å². The zero-order valence-corrected chi connectivity index (χ0v) is 21.2. The van der Waals surface area contributed by atoms with Crippen LogP contribution in [0.5, 0.6) is 11.5 Å². The van der Waals surface area contributed by atoms with Gasteiger partial charge in [0, 0.05) is 11.3 Å². The highest BCUT2D eigenvalue weighted by Crippen LogP contribution is 2.44. The van der Waals surface area contributed by atoms with Crippen LogP contribution in [0.3, 0.4) is 0 Å². The molecular formula is C29H22BrNO5. The molecular weight excluding hydrogens is 522 g/mol. The molecule has 0 saturated carbocycles. The molecule has 1 fully saturated rings. The Hall–Kier alpha value is -4.10. The second kappa shape index (κ2) is 9.51. The number of amides is 1. The summed E-state index contributed by atoms with van der Waals surface area (Å²) in [4.78, 5) is 28.4. The number of nitrogens with zero attached hydrogens (tertiary/aromatic N) is 1. The van der Waals surface area contributed by atoms with Crippen LogP contribution in [0.25, 0.3) is 16.5 Å². The van der Waals surface area contributed by atoms with Gasteiger partial charge in [-0.2, -0.15) is 0 Å². The average molecular weight is 544 g/mol. The smallest absolute Gasteiger partial charge is 0.300 e. The fraction of sp³-hybridized carbons (Fsp3) is 0.103. The van der Waals surface area contributed by atoms with Gasteiger partial charge >= 0.3 is 0 Å². The molecule has 1 heterocycles. The second-order valence-corrected chi connectivity index (χ2v) is 9.14. The molecule has 0 radical (unpaired) electrons. The van der Waals surface area contributed by atoms with Gasteiger partial charge in [-0.3, -0.25) is 14.5 Å². The van der Waals surface area contributed by atoms with Gasteiger partial charge in [0.25, 0.3) is 11.7 Å². The van der Waals surface area contributed by atoms with E-state index in [1.807, 2.05) is 42.5 Å². The molecule has 6 nitrogen and oxygen atoms in total.